The van der Waals surface area contributed by atoms with Gasteiger partial charge < -0.3 is 0 Å². The third kappa shape index (κ3) is 3.16. The monoisotopic (exact) mass is 242 g/mol. The van der Waals surface area contributed by atoms with Gasteiger partial charge in [-0.25, -0.2) is 0 Å². The van der Waals surface area contributed by atoms with Crippen molar-refractivity contribution in [3.05, 3.63) is 0 Å². The summed E-state index contributed by atoms with van der Waals surface area (Å²) in [5.41, 5.74) is 0. The minimum Gasteiger partial charge on any atom is -0.286 e. The molecule has 0 bridgehead atoms. The van der Waals surface area contributed by atoms with Gasteiger partial charge in [-0.3, -0.25) is 9.59 Å². The van der Waals surface area contributed by atoms with Crippen LogP contribution < -0.4 is 0 Å². The van der Waals surface area contributed by atoms with E-state index in [2.05, 4.69) is 0 Å². The highest BCUT2D eigenvalue weighted by atomic mass is 35.6. The molecule has 0 amide bonds. The molecule has 2 nitrogen and oxygen atoms in total. The van der Waals surface area contributed by atoms with Crippen LogP contribution in [0.5, 0.6) is 0 Å². The first-order valence-electron chi connectivity index (χ1n) is 2.29. The zero-order valence-electron chi connectivity index (χ0n) is 5.08. The van der Waals surface area contributed by atoms with Crippen molar-refractivity contribution in [3.63, 3.8) is 0 Å². The zero-order valence-corrected chi connectivity index (χ0v) is 7.35. The lowest BCUT2D eigenvalue weighted by molar-refractivity contribution is -0.174. The third-order valence-electron chi connectivity index (χ3n) is 0.721. The molecule has 0 aromatic rings. The maximum Gasteiger partial charge on any atom is 0.458 e. The smallest absolute Gasteiger partial charge is 0.286 e. The number of carbonyl (C=O) groups excluding carboxylic acids is 2. The summed E-state index contributed by atoms with van der Waals surface area (Å²) >= 11 is 14.2. The highest BCUT2D eigenvalue weighted by molar-refractivity contribution is 6.82. The first-order chi connectivity index (χ1) is 5.07. The van der Waals surface area contributed by atoms with E-state index in [0.717, 1.165) is 0 Å². The standard InChI is InChI=1S/C4Cl3F3O2/c5-3(6,7)1(11)2(12)4(8,9)10. The van der Waals surface area contributed by atoms with Gasteiger partial charge in [0.15, 0.2) is 0 Å². The van der Waals surface area contributed by atoms with Gasteiger partial charge in [-0.05, 0) is 0 Å². The Morgan fingerprint density at radius 3 is 1.33 bits per heavy atom. The minimum atomic E-state index is -5.30. The highest BCUT2D eigenvalue weighted by Gasteiger charge is 2.50. The minimum absolute atomic E-state index is 2.11. The highest BCUT2D eigenvalue weighted by Crippen LogP contribution is 2.30. The van der Waals surface area contributed by atoms with Crippen molar-refractivity contribution in [2.24, 2.45) is 0 Å². The maximum absolute atomic E-state index is 11.5. The van der Waals surface area contributed by atoms with Crippen molar-refractivity contribution in [1.82, 2.24) is 0 Å². The number of hydrogen-bond donors (Lipinski definition) is 0. The van der Waals surface area contributed by atoms with Crippen LogP contribution in [0, 0.1) is 0 Å². The summed E-state index contributed by atoms with van der Waals surface area (Å²) < 4.78 is 31.6. The summed E-state index contributed by atoms with van der Waals surface area (Å²) in [7, 11) is 0. The number of hydrogen-bond acceptors (Lipinski definition) is 2. The number of carbonyl (C=O) groups is 2. The van der Waals surface area contributed by atoms with Crippen LogP contribution in [-0.2, 0) is 9.59 Å². The van der Waals surface area contributed by atoms with Crippen molar-refractivity contribution in [2.75, 3.05) is 0 Å². The Morgan fingerprint density at radius 1 is 0.917 bits per heavy atom. The molecule has 0 aromatic carbocycles. The summed E-state index contributed by atoms with van der Waals surface area (Å²) in [5, 5.41) is 0. The predicted octanol–water partition coefficient (Wildman–Crippen LogP) is 2.06. The van der Waals surface area contributed by atoms with Crippen LogP contribution in [0.1, 0.15) is 0 Å². The van der Waals surface area contributed by atoms with Crippen LogP contribution in [0.2, 0.25) is 0 Å². The molecule has 70 valence electrons. The van der Waals surface area contributed by atoms with Crippen LogP contribution in [-0.4, -0.2) is 21.5 Å². The van der Waals surface area contributed by atoms with E-state index in [9.17, 15) is 22.8 Å². The fourth-order valence-electron chi connectivity index (χ4n) is 0.257. The van der Waals surface area contributed by atoms with Crippen molar-refractivity contribution < 1.29 is 22.8 Å². The summed E-state index contributed by atoms with van der Waals surface area (Å²) in [6, 6.07) is 0. The third-order valence-corrected chi connectivity index (χ3v) is 1.24. The second-order valence-corrected chi connectivity index (χ2v) is 3.93. The van der Waals surface area contributed by atoms with Crippen LogP contribution >= 0.6 is 34.8 Å². The Labute approximate surface area is 79.6 Å². The Morgan fingerprint density at radius 2 is 1.25 bits per heavy atom. The molecule has 0 radical (unpaired) electrons. The Balaban J connectivity index is 4.66. The molecule has 0 unspecified atom stereocenters. The Kier molecular flexibility index (Phi) is 3.40. The number of alkyl halides is 6. The van der Waals surface area contributed by atoms with Crippen LogP contribution in [0.4, 0.5) is 13.2 Å². The lowest BCUT2D eigenvalue weighted by atomic mass is 10.3. The van der Waals surface area contributed by atoms with Gasteiger partial charge in [-0.1, -0.05) is 34.8 Å². The molecule has 0 heterocycles. The van der Waals surface area contributed by atoms with Gasteiger partial charge in [0.1, 0.15) is 0 Å². The van der Waals surface area contributed by atoms with E-state index in [-0.39, 0.29) is 0 Å². The normalized spacial score (nSPS) is 12.8. The molecule has 12 heavy (non-hydrogen) atoms. The molecule has 8 heteroatoms. The number of Topliss-reactive ketones (excluding diaryl/α,β-unsaturated/α-hetero) is 2. The van der Waals surface area contributed by atoms with E-state index in [1.165, 1.54) is 0 Å². The maximum atomic E-state index is 11.5. The molecular formula is C4Cl3F3O2. The molecule has 0 N–H and O–H groups in total. The van der Waals surface area contributed by atoms with E-state index < -0.39 is 21.5 Å². The molecule has 0 fully saturated rings. The van der Waals surface area contributed by atoms with Gasteiger partial charge in [-0.2, -0.15) is 13.2 Å². The molecule has 0 rings (SSSR count). The van der Waals surface area contributed by atoms with Crippen LogP contribution in [0.3, 0.4) is 0 Å². The molecular weight excluding hydrogens is 243 g/mol. The first-order valence-corrected chi connectivity index (χ1v) is 3.43. The van der Waals surface area contributed by atoms with Gasteiger partial charge in [-0.15, -0.1) is 0 Å². The van der Waals surface area contributed by atoms with E-state index >= 15 is 0 Å². The van der Waals surface area contributed by atoms with Gasteiger partial charge in [0.05, 0.1) is 0 Å². The molecule has 0 atom stereocenters. The second-order valence-electron chi connectivity index (χ2n) is 1.65. The zero-order chi connectivity index (χ0) is 10.2. The average molecular weight is 243 g/mol. The van der Waals surface area contributed by atoms with Gasteiger partial charge in [0.25, 0.3) is 9.58 Å². The summed E-state index contributed by atoms with van der Waals surface area (Å²) in [6.45, 7) is 0. The van der Waals surface area contributed by atoms with E-state index in [1.54, 1.807) is 0 Å². The molecule has 0 aromatic heterocycles. The van der Waals surface area contributed by atoms with Crippen LogP contribution in [0.15, 0.2) is 0 Å². The molecule has 0 saturated heterocycles. The fraction of sp³-hybridized carbons (Fsp3) is 0.500. The van der Waals surface area contributed by atoms with E-state index in [1.807, 2.05) is 0 Å². The molecule has 0 aliphatic heterocycles. The summed E-state index contributed by atoms with van der Waals surface area (Å²) in [4.78, 5) is 20.4. The van der Waals surface area contributed by atoms with Crippen molar-refractivity contribution in [1.29, 1.82) is 0 Å². The summed E-state index contributed by atoms with van der Waals surface area (Å²) in [5.74, 6) is -4.79. The lowest BCUT2D eigenvalue weighted by Crippen LogP contribution is -2.38. The van der Waals surface area contributed by atoms with E-state index in [0.29, 0.717) is 0 Å². The number of ketones is 2. The second kappa shape index (κ2) is 3.40. The van der Waals surface area contributed by atoms with E-state index in [4.69, 9.17) is 34.8 Å². The molecule has 0 spiro atoms. The van der Waals surface area contributed by atoms with Gasteiger partial charge in [0, 0.05) is 0 Å². The summed E-state index contributed by atoms with van der Waals surface area (Å²) in [6.07, 6.45) is -5.30. The molecule has 0 saturated carbocycles. The van der Waals surface area contributed by atoms with Gasteiger partial charge >= 0.3 is 12.0 Å². The van der Waals surface area contributed by atoms with Gasteiger partial charge in [0.2, 0.25) is 0 Å². The molecule has 0 aliphatic rings. The molecule has 0 aliphatic carbocycles. The van der Waals surface area contributed by atoms with Crippen LogP contribution in [0.25, 0.3) is 0 Å². The van der Waals surface area contributed by atoms with Crippen molar-refractivity contribution >= 4 is 46.4 Å². The van der Waals surface area contributed by atoms with Crippen molar-refractivity contribution in [3.8, 4) is 0 Å². The Hall–Kier alpha value is -0.000000000000000111. The fourth-order valence-corrected chi connectivity index (χ4v) is 0.515. The number of rotatable bonds is 1. The average Bonchev–Trinajstić information content (AvgIpc) is 1.80. The Bertz CT molecular complexity index is 193. The first kappa shape index (κ1) is 12.0. The lowest BCUT2D eigenvalue weighted by Gasteiger charge is -2.09. The topological polar surface area (TPSA) is 34.1 Å². The largest absolute Gasteiger partial charge is 0.458 e. The van der Waals surface area contributed by atoms with Crippen molar-refractivity contribution in [2.45, 2.75) is 9.97 Å². The quantitative estimate of drug-likeness (QED) is 0.522. The number of halogens is 6. The predicted molar refractivity (Wildman–Crippen MR) is 36.4 cm³/mol. The SMILES string of the molecule is O=C(C(=O)C(Cl)(Cl)Cl)C(F)(F)F.